The molecule has 1 aromatic carbocycles. The molecule has 3 heteroatoms. The molecule has 4 fully saturated rings. The van der Waals surface area contributed by atoms with E-state index in [-0.39, 0.29) is 11.7 Å². The summed E-state index contributed by atoms with van der Waals surface area (Å²) in [5.74, 6) is 3.29. The van der Waals surface area contributed by atoms with Gasteiger partial charge in [-0.25, -0.2) is 0 Å². The Morgan fingerprint density at radius 3 is 2.17 bits per heavy atom. The Morgan fingerprint density at radius 2 is 1.61 bits per heavy atom. The number of nitrogens with one attached hydrogen (secondary N) is 1. The van der Waals surface area contributed by atoms with Crippen molar-refractivity contribution in [1.82, 2.24) is 5.32 Å². The van der Waals surface area contributed by atoms with E-state index in [0.717, 1.165) is 36.3 Å². The molecule has 2 N–H and O–H groups in total. The topological polar surface area (TPSA) is 49.3 Å². The lowest BCUT2D eigenvalue weighted by molar-refractivity contribution is -0.120. The highest BCUT2D eigenvalue weighted by molar-refractivity contribution is 5.78. The molecule has 0 spiro atoms. The minimum atomic E-state index is 0.0976. The third-order valence-electron chi connectivity index (χ3n) is 6.44. The second-order valence-corrected chi connectivity index (χ2v) is 8.36. The molecular weight excluding hydrogens is 286 g/mol. The number of aromatic hydroxyl groups is 1. The quantitative estimate of drug-likeness (QED) is 0.871. The summed E-state index contributed by atoms with van der Waals surface area (Å²) in [5.41, 5.74) is 1.50. The van der Waals surface area contributed by atoms with E-state index < -0.39 is 0 Å². The van der Waals surface area contributed by atoms with Crippen LogP contribution < -0.4 is 5.32 Å². The molecule has 1 aromatic rings. The van der Waals surface area contributed by atoms with Gasteiger partial charge in [0.25, 0.3) is 0 Å². The highest BCUT2D eigenvalue weighted by Gasteiger charge is 2.50. The molecule has 4 aliphatic rings. The monoisotopic (exact) mass is 313 g/mol. The minimum Gasteiger partial charge on any atom is -0.508 e. The van der Waals surface area contributed by atoms with Crippen molar-refractivity contribution in [2.75, 3.05) is 6.54 Å². The van der Waals surface area contributed by atoms with Crippen molar-refractivity contribution in [3.8, 4) is 5.75 Å². The van der Waals surface area contributed by atoms with Gasteiger partial charge in [-0.1, -0.05) is 12.1 Å². The first-order chi connectivity index (χ1) is 11.1. The standard InChI is InChI=1S/C20H27NO2/c22-18-3-1-14(2-4-18)10-19(23)21-6-5-20-11-15-7-16(12-20)9-17(8-15)13-20/h1-4,15-17,22H,5-13H2,(H,21,23). The predicted molar refractivity (Wildman–Crippen MR) is 90.0 cm³/mol. The first-order valence-electron chi connectivity index (χ1n) is 9.15. The Morgan fingerprint density at radius 1 is 1.04 bits per heavy atom. The van der Waals surface area contributed by atoms with Crippen LogP contribution in [0.25, 0.3) is 0 Å². The van der Waals surface area contributed by atoms with E-state index in [9.17, 15) is 9.90 Å². The summed E-state index contributed by atoms with van der Waals surface area (Å²) >= 11 is 0. The largest absolute Gasteiger partial charge is 0.508 e. The van der Waals surface area contributed by atoms with E-state index >= 15 is 0 Å². The third kappa shape index (κ3) is 3.24. The zero-order valence-corrected chi connectivity index (χ0v) is 13.8. The van der Waals surface area contributed by atoms with Gasteiger partial charge in [0.05, 0.1) is 6.42 Å². The Balaban J connectivity index is 1.27. The van der Waals surface area contributed by atoms with Crippen LogP contribution in [0.3, 0.4) is 0 Å². The van der Waals surface area contributed by atoms with Crippen LogP contribution >= 0.6 is 0 Å². The van der Waals surface area contributed by atoms with Crippen LogP contribution in [0.1, 0.15) is 50.5 Å². The van der Waals surface area contributed by atoms with Crippen LogP contribution in [-0.2, 0) is 11.2 Å². The minimum absolute atomic E-state index is 0.0976. The summed E-state index contributed by atoms with van der Waals surface area (Å²) in [5, 5.41) is 12.4. The number of amides is 1. The van der Waals surface area contributed by atoms with Crippen molar-refractivity contribution in [3.63, 3.8) is 0 Å². The van der Waals surface area contributed by atoms with Gasteiger partial charge in [-0.3, -0.25) is 4.79 Å². The lowest BCUT2D eigenvalue weighted by Gasteiger charge is -2.57. The van der Waals surface area contributed by atoms with Gasteiger partial charge in [-0.15, -0.1) is 0 Å². The Kier molecular flexibility index (Phi) is 3.82. The molecule has 0 heterocycles. The van der Waals surface area contributed by atoms with Crippen LogP contribution in [0, 0.1) is 23.2 Å². The van der Waals surface area contributed by atoms with Crippen molar-refractivity contribution < 1.29 is 9.90 Å². The highest BCUT2D eigenvalue weighted by atomic mass is 16.3. The van der Waals surface area contributed by atoms with Crippen molar-refractivity contribution in [2.24, 2.45) is 23.2 Å². The summed E-state index contributed by atoms with van der Waals surface area (Å²) in [4.78, 5) is 12.1. The average molecular weight is 313 g/mol. The average Bonchev–Trinajstić information content (AvgIpc) is 2.48. The fourth-order valence-corrected chi connectivity index (χ4v) is 5.92. The first-order valence-corrected chi connectivity index (χ1v) is 9.15. The van der Waals surface area contributed by atoms with Gasteiger partial charge in [-0.05, 0) is 85.8 Å². The molecule has 0 atom stereocenters. The van der Waals surface area contributed by atoms with Gasteiger partial charge >= 0.3 is 0 Å². The van der Waals surface area contributed by atoms with E-state index in [1.807, 2.05) is 12.1 Å². The van der Waals surface area contributed by atoms with Gasteiger partial charge in [0.2, 0.25) is 5.91 Å². The molecule has 4 aliphatic carbocycles. The van der Waals surface area contributed by atoms with Gasteiger partial charge in [0, 0.05) is 6.54 Å². The molecule has 5 rings (SSSR count). The molecule has 0 unspecified atom stereocenters. The third-order valence-corrected chi connectivity index (χ3v) is 6.44. The molecule has 3 nitrogen and oxygen atoms in total. The number of rotatable bonds is 5. The number of phenolic OH excluding ortho intramolecular Hbond substituents is 1. The lowest BCUT2D eigenvalue weighted by Crippen LogP contribution is -2.47. The van der Waals surface area contributed by atoms with Gasteiger partial charge in [0.1, 0.15) is 5.75 Å². The van der Waals surface area contributed by atoms with E-state index in [1.165, 1.54) is 38.5 Å². The second-order valence-electron chi connectivity index (χ2n) is 8.36. The number of benzene rings is 1. The van der Waals surface area contributed by atoms with Crippen LogP contribution in [0.5, 0.6) is 5.75 Å². The summed E-state index contributed by atoms with van der Waals surface area (Å²) in [6.07, 6.45) is 10.2. The lowest BCUT2D eigenvalue weighted by atomic mass is 9.49. The summed E-state index contributed by atoms with van der Waals surface area (Å²) < 4.78 is 0. The molecule has 4 saturated carbocycles. The van der Waals surface area contributed by atoms with Crippen LogP contribution in [0.2, 0.25) is 0 Å². The van der Waals surface area contributed by atoms with Crippen LogP contribution in [-0.4, -0.2) is 17.6 Å². The molecular formula is C20H27NO2. The Labute approximate surface area is 138 Å². The summed E-state index contributed by atoms with van der Waals surface area (Å²) in [7, 11) is 0. The first kappa shape index (κ1) is 15.0. The van der Waals surface area contributed by atoms with Crippen LogP contribution in [0.4, 0.5) is 0 Å². The van der Waals surface area contributed by atoms with Gasteiger partial charge < -0.3 is 10.4 Å². The van der Waals surface area contributed by atoms with E-state index in [1.54, 1.807) is 12.1 Å². The van der Waals surface area contributed by atoms with Crippen molar-refractivity contribution in [2.45, 2.75) is 51.4 Å². The highest BCUT2D eigenvalue weighted by Crippen LogP contribution is 2.61. The Hall–Kier alpha value is -1.51. The zero-order valence-electron chi connectivity index (χ0n) is 13.8. The maximum Gasteiger partial charge on any atom is 0.224 e. The summed E-state index contributed by atoms with van der Waals surface area (Å²) in [6.45, 7) is 0.822. The smallest absolute Gasteiger partial charge is 0.224 e. The molecule has 1 amide bonds. The maximum atomic E-state index is 12.1. The molecule has 0 radical (unpaired) electrons. The van der Waals surface area contributed by atoms with Crippen LogP contribution in [0.15, 0.2) is 24.3 Å². The number of carbonyl (C=O) groups excluding carboxylic acids is 1. The molecule has 23 heavy (non-hydrogen) atoms. The molecule has 0 aromatic heterocycles. The van der Waals surface area contributed by atoms with Gasteiger partial charge in [-0.2, -0.15) is 0 Å². The van der Waals surface area contributed by atoms with Crippen molar-refractivity contribution in [3.05, 3.63) is 29.8 Å². The number of hydrogen-bond acceptors (Lipinski definition) is 2. The molecule has 0 aliphatic heterocycles. The second kappa shape index (κ2) is 5.85. The number of hydrogen-bond donors (Lipinski definition) is 2. The fourth-order valence-electron chi connectivity index (χ4n) is 5.92. The van der Waals surface area contributed by atoms with E-state index in [4.69, 9.17) is 0 Å². The normalized spacial score (nSPS) is 34.5. The zero-order chi connectivity index (χ0) is 15.9. The molecule has 4 bridgehead atoms. The van der Waals surface area contributed by atoms with Gasteiger partial charge in [0.15, 0.2) is 0 Å². The van der Waals surface area contributed by atoms with Crippen molar-refractivity contribution in [1.29, 1.82) is 0 Å². The number of carbonyl (C=O) groups is 1. The molecule has 0 saturated heterocycles. The number of phenols is 1. The van der Waals surface area contributed by atoms with E-state index in [0.29, 0.717) is 11.8 Å². The Bertz CT molecular complexity index is 543. The summed E-state index contributed by atoms with van der Waals surface area (Å²) in [6, 6.07) is 6.90. The van der Waals surface area contributed by atoms with Crippen molar-refractivity contribution >= 4 is 5.91 Å². The molecule has 124 valence electrons. The maximum absolute atomic E-state index is 12.1. The SMILES string of the molecule is O=C(Cc1ccc(O)cc1)NCCC12CC3CC(CC(C3)C1)C2. The van der Waals surface area contributed by atoms with E-state index in [2.05, 4.69) is 5.32 Å². The fraction of sp³-hybridized carbons (Fsp3) is 0.650. The predicted octanol–water partition coefficient (Wildman–Crippen LogP) is 3.66.